The standard InChI is InChI=1S/C12H13ClN4O4/c13-11-7(3-5(4-15-11)17(19)20)12(18)16-9-8(14)6-1-2-21-10(6)9/h3-4,6,8-10H,1-2,14H2,(H,16,18). The van der Waals surface area contributed by atoms with Crippen molar-refractivity contribution in [3.63, 3.8) is 0 Å². The first-order valence-electron chi connectivity index (χ1n) is 6.47. The predicted octanol–water partition coefficient (Wildman–Crippen LogP) is 0.488. The lowest BCUT2D eigenvalue weighted by Crippen LogP contribution is -2.68. The fourth-order valence-electron chi connectivity index (χ4n) is 2.85. The van der Waals surface area contributed by atoms with Crippen molar-refractivity contribution >= 4 is 23.2 Å². The first-order valence-corrected chi connectivity index (χ1v) is 6.85. The minimum atomic E-state index is -0.634. The van der Waals surface area contributed by atoms with Gasteiger partial charge in [-0.25, -0.2) is 4.98 Å². The third kappa shape index (κ3) is 2.35. The van der Waals surface area contributed by atoms with Crippen LogP contribution in [0.3, 0.4) is 0 Å². The van der Waals surface area contributed by atoms with Crippen LogP contribution in [0.4, 0.5) is 5.69 Å². The topological polar surface area (TPSA) is 120 Å². The molecule has 9 heteroatoms. The van der Waals surface area contributed by atoms with Crippen molar-refractivity contribution in [1.29, 1.82) is 0 Å². The SMILES string of the molecule is NC1C2CCOC2C1NC(=O)c1cc([N+](=O)[O-])cnc1Cl. The monoisotopic (exact) mass is 312 g/mol. The van der Waals surface area contributed by atoms with Gasteiger partial charge in [0.15, 0.2) is 0 Å². The summed E-state index contributed by atoms with van der Waals surface area (Å²) in [4.78, 5) is 26.0. The highest BCUT2D eigenvalue weighted by Crippen LogP contribution is 2.38. The molecule has 0 spiro atoms. The summed E-state index contributed by atoms with van der Waals surface area (Å²) in [6.45, 7) is 0.633. The van der Waals surface area contributed by atoms with Crippen LogP contribution in [-0.4, -0.2) is 40.6 Å². The summed E-state index contributed by atoms with van der Waals surface area (Å²) in [7, 11) is 0. The molecule has 1 aromatic rings. The third-order valence-electron chi connectivity index (χ3n) is 4.02. The molecule has 1 saturated carbocycles. The number of pyridine rings is 1. The molecule has 8 nitrogen and oxygen atoms in total. The Bertz CT molecular complexity index is 611. The van der Waals surface area contributed by atoms with Crippen molar-refractivity contribution in [2.24, 2.45) is 11.7 Å². The molecule has 0 radical (unpaired) electrons. The summed E-state index contributed by atoms with van der Waals surface area (Å²) in [5.41, 5.74) is 5.66. The number of nitrogens with zero attached hydrogens (tertiary/aromatic N) is 2. The van der Waals surface area contributed by atoms with Crippen LogP contribution in [0.1, 0.15) is 16.8 Å². The second-order valence-corrected chi connectivity index (χ2v) is 5.51. The Balaban J connectivity index is 1.76. The van der Waals surface area contributed by atoms with Gasteiger partial charge in [0, 0.05) is 24.6 Å². The molecular formula is C12H13ClN4O4. The zero-order chi connectivity index (χ0) is 15.1. The van der Waals surface area contributed by atoms with Gasteiger partial charge in [0.05, 0.1) is 22.6 Å². The molecule has 1 amide bonds. The first-order chi connectivity index (χ1) is 9.99. The van der Waals surface area contributed by atoms with E-state index < -0.39 is 10.8 Å². The minimum Gasteiger partial charge on any atom is -0.376 e. The van der Waals surface area contributed by atoms with E-state index in [1.54, 1.807) is 0 Å². The van der Waals surface area contributed by atoms with Crippen molar-refractivity contribution in [2.75, 3.05) is 6.61 Å². The molecule has 1 aliphatic carbocycles. The van der Waals surface area contributed by atoms with Gasteiger partial charge >= 0.3 is 0 Å². The van der Waals surface area contributed by atoms with Gasteiger partial charge in [-0.2, -0.15) is 0 Å². The summed E-state index contributed by atoms with van der Waals surface area (Å²) in [6.07, 6.45) is 1.80. The van der Waals surface area contributed by atoms with E-state index in [0.29, 0.717) is 6.61 Å². The number of ether oxygens (including phenoxy) is 1. The molecule has 21 heavy (non-hydrogen) atoms. The van der Waals surface area contributed by atoms with Crippen LogP contribution in [0.25, 0.3) is 0 Å². The average molecular weight is 313 g/mol. The van der Waals surface area contributed by atoms with E-state index in [2.05, 4.69) is 10.3 Å². The summed E-state index contributed by atoms with van der Waals surface area (Å²) < 4.78 is 5.51. The molecule has 0 aromatic carbocycles. The molecule has 4 unspecified atom stereocenters. The molecule has 2 aliphatic rings. The summed E-state index contributed by atoms with van der Waals surface area (Å²) in [6, 6.07) is 0.620. The second kappa shape index (κ2) is 5.21. The number of aromatic nitrogens is 1. The number of nitro groups is 1. The van der Waals surface area contributed by atoms with Gasteiger partial charge in [-0.05, 0) is 6.42 Å². The van der Waals surface area contributed by atoms with Crippen LogP contribution in [0, 0.1) is 16.0 Å². The Labute approximate surface area is 124 Å². The third-order valence-corrected chi connectivity index (χ3v) is 4.33. The highest BCUT2D eigenvalue weighted by atomic mass is 35.5. The lowest BCUT2D eigenvalue weighted by atomic mass is 9.72. The highest BCUT2D eigenvalue weighted by molar-refractivity contribution is 6.32. The Morgan fingerprint density at radius 1 is 1.62 bits per heavy atom. The quantitative estimate of drug-likeness (QED) is 0.476. The maximum atomic E-state index is 12.2. The summed E-state index contributed by atoms with van der Waals surface area (Å²) in [5, 5.41) is 13.4. The van der Waals surface area contributed by atoms with Crippen molar-refractivity contribution in [3.8, 4) is 0 Å². The number of nitrogens with two attached hydrogens (primary N) is 1. The molecule has 1 aromatic heterocycles. The van der Waals surface area contributed by atoms with Crippen LogP contribution in [-0.2, 0) is 4.74 Å². The van der Waals surface area contributed by atoms with Gasteiger partial charge in [-0.1, -0.05) is 11.6 Å². The second-order valence-electron chi connectivity index (χ2n) is 5.15. The number of carbonyl (C=O) groups is 1. The number of halogens is 1. The van der Waals surface area contributed by atoms with E-state index in [1.165, 1.54) is 0 Å². The highest BCUT2D eigenvalue weighted by Gasteiger charge is 2.52. The fraction of sp³-hybridized carbons (Fsp3) is 0.500. The predicted molar refractivity (Wildman–Crippen MR) is 73.0 cm³/mol. The maximum Gasteiger partial charge on any atom is 0.288 e. The molecule has 4 atom stereocenters. The normalized spacial score (nSPS) is 30.4. The number of rotatable bonds is 3. The van der Waals surface area contributed by atoms with Crippen molar-refractivity contribution < 1.29 is 14.5 Å². The van der Waals surface area contributed by atoms with E-state index in [-0.39, 0.29) is 40.5 Å². The number of nitrogens with one attached hydrogen (secondary N) is 1. The number of amides is 1. The number of hydrogen-bond donors (Lipinski definition) is 2. The average Bonchev–Trinajstić information content (AvgIpc) is 2.89. The van der Waals surface area contributed by atoms with Crippen LogP contribution in [0.2, 0.25) is 5.15 Å². The van der Waals surface area contributed by atoms with Gasteiger partial charge in [-0.3, -0.25) is 14.9 Å². The fourth-order valence-corrected chi connectivity index (χ4v) is 3.04. The Hall–Kier alpha value is -1.77. The van der Waals surface area contributed by atoms with Crippen LogP contribution < -0.4 is 11.1 Å². The molecule has 3 N–H and O–H groups in total. The Morgan fingerprint density at radius 3 is 3.10 bits per heavy atom. The van der Waals surface area contributed by atoms with Crippen molar-refractivity contribution in [1.82, 2.24) is 10.3 Å². The Morgan fingerprint density at radius 2 is 2.38 bits per heavy atom. The van der Waals surface area contributed by atoms with Crippen LogP contribution in [0.15, 0.2) is 12.3 Å². The van der Waals surface area contributed by atoms with E-state index in [0.717, 1.165) is 18.7 Å². The zero-order valence-corrected chi connectivity index (χ0v) is 11.6. The molecule has 2 fully saturated rings. The van der Waals surface area contributed by atoms with E-state index >= 15 is 0 Å². The largest absolute Gasteiger partial charge is 0.376 e. The lowest BCUT2D eigenvalue weighted by molar-refractivity contribution is -0.385. The van der Waals surface area contributed by atoms with Gasteiger partial charge < -0.3 is 15.8 Å². The van der Waals surface area contributed by atoms with Gasteiger partial charge in [0.1, 0.15) is 11.3 Å². The van der Waals surface area contributed by atoms with Gasteiger partial charge in [-0.15, -0.1) is 0 Å². The maximum absolute atomic E-state index is 12.2. The van der Waals surface area contributed by atoms with Gasteiger partial charge in [0.25, 0.3) is 11.6 Å². The van der Waals surface area contributed by atoms with Crippen molar-refractivity contribution in [2.45, 2.75) is 24.6 Å². The van der Waals surface area contributed by atoms with E-state index in [4.69, 9.17) is 22.1 Å². The minimum absolute atomic E-state index is 0.0421. The van der Waals surface area contributed by atoms with E-state index in [9.17, 15) is 14.9 Å². The van der Waals surface area contributed by atoms with Crippen LogP contribution >= 0.6 is 11.6 Å². The molecule has 1 saturated heterocycles. The molecular weight excluding hydrogens is 300 g/mol. The summed E-state index contributed by atoms with van der Waals surface area (Å²) in [5.74, 6) is -0.278. The zero-order valence-electron chi connectivity index (χ0n) is 10.9. The van der Waals surface area contributed by atoms with E-state index in [1.807, 2.05) is 0 Å². The molecule has 2 heterocycles. The number of fused-ring (bicyclic) bond motifs is 1. The molecule has 3 rings (SSSR count). The molecule has 112 valence electrons. The van der Waals surface area contributed by atoms with Gasteiger partial charge in [0.2, 0.25) is 0 Å². The molecule has 1 aliphatic heterocycles. The first kappa shape index (κ1) is 14.2. The lowest BCUT2D eigenvalue weighted by Gasteiger charge is -2.45. The molecule has 0 bridgehead atoms. The smallest absolute Gasteiger partial charge is 0.288 e. The number of hydrogen-bond acceptors (Lipinski definition) is 6. The summed E-state index contributed by atoms with van der Waals surface area (Å²) >= 11 is 5.83. The Kier molecular flexibility index (Phi) is 3.52. The number of carbonyl (C=O) groups excluding carboxylic acids is 1. The van der Waals surface area contributed by atoms with Crippen molar-refractivity contribution in [3.05, 3.63) is 33.1 Å². The van der Waals surface area contributed by atoms with Crippen LogP contribution in [0.5, 0.6) is 0 Å².